The Kier molecular flexibility index (Phi) is 1.88. The molecule has 1 aliphatic rings. The Morgan fingerprint density at radius 2 is 1.89 bits per heavy atom. The van der Waals surface area contributed by atoms with Gasteiger partial charge in [0.15, 0.2) is 5.79 Å². The number of rotatable bonds is 1. The summed E-state index contributed by atoms with van der Waals surface area (Å²) in [6.07, 6.45) is 3.85. The van der Waals surface area contributed by atoms with Crippen molar-refractivity contribution >= 4 is 0 Å². The zero-order valence-electron chi connectivity index (χ0n) is 5.89. The van der Waals surface area contributed by atoms with Gasteiger partial charge in [-0.3, -0.25) is 0 Å². The van der Waals surface area contributed by atoms with Gasteiger partial charge in [0.05, 0.1) is 13.2 Å². The Morgan fingerprint density at radius 1 is 1.33 bits per heavy atom. The average molecular weight is 128 g/mol. The van der Waals surface area contributed by atoms with Crippen molar-refractivity contribution in [1.82, 2.24) is 0 Å². The molecular weight excluding hydrogens is 116 g/mol. The van der Waals surface area contributed by atoms with Crippen molar-refractivity contribution in [3.63, 3.8) is 0 Å². The van der Waals surface area contributed by atoms with Crippen molar-refractivity contribution in [3.05, 3.63) is 12.2 Å². The number of ether oxygens (including phenoxy) is 2. The normalized spacial score (nSPS) is 25.6. The summed E-state index contributed by atoms with van der Waals surface area (Å²) in [7, 11) is 0. The molecule has 0 bridgehead atoms. The minimum Gasteiger partial charge on any atom is -0.344 e. The first-order valence-electron chi connectivity index (χ1n) is 3.18. The van der Waals surface area contributed by atoms with Crippen molar-refractivity contribution in [2.45, 2.75) is 19.6 Å². The smallest absolute Gasteiger partial charge is 0.185 e. The van der Waals surface area contributed by atoms with E-state index in [1.54, 1.807) is 0 Å². The molecule has 0 saturated carbocycles. The largest absolute Gasteiger partial charge is 0.344 e. The summed E-state index contributed by atoms with van der Waals surface area (Å²) in [6, 6.07) is 0. The summed E-state index contributed by atoms with van der Waals surface area (Å²) in [6.45, 7) is 5.29. The molecule has 0 N–H and O–H groups in total. The lowest BCUT2D eigenvalue weighted by Crippen LogP contribution is -2.21. The summed E-state index contributed by atoms with van der Waals surface area (Å²) in [5.41, 5.74) is 0. The summed E-state index contributed by atoms with van der Waals surface area (Å²) in [5, 5.41) is 0. The van der Waals surface area contributed by atoms with Crippen molar-refractivity contribution in [2.75, 3.05) is 13.2 Å². The molecule has 0 aromatic rings. The van der Waals surface area contributed by atoms with E-state index in [2.05, 4.69) is 0 Å². The lowest BCUT2D eigenvalue weighted by atomic mass is 10.3. The molecule has 1 aliphatic heterocycles. The van der Waals surface area contributed by atoms with Crippen molar-refractivity contribution in [1.29, 1.82) is 0 Å². The Balaban J connectivity index is 2.51. The fourth-order valence-electron chi connectivity index (χ4n) is 0.929. The zero-order valence-corrected chi connectivity index (χ0v) is 5.89. The molecule has 2 heteroatoms. The van der Waals surface area contributed by atoms with Gasteiger partial charge in [-0.15, -0.1) is 0 Å². The molecule has 52 valence electrons. The third-order valence-electron chi connectivity index (χ3n) is 1.33. The molecule has 0 aromatic carbocycles. The Bertz CT molecular complexity index is 112. The molecule has 0 aromatic heterocycles. The van der Waals surface area contributed by atoms with Gasteiger partial charge < -0.3 is 9.47 Å². The van der Waals surface area contributed by atoms with Crippen LogP contribution in [-0.2, 0) is 9.47 Å². The zero-order chi connectivity index (χ0) is 6.74. The second-order valence-corrected chi connectivity index (χ2v) is 2.21. The van der Waals surface area contributed by atoms with Crippen LogP contribution in [0.25, 0.3) is 0 Å². The first-order valence-corrected chi connectivity index (χ1v) is 3.18. The molecular formula is C7H12O2. The highest BCUT2D eigenvalue weighted by molar-refractivity contribution is 4.92. The van der Waals surface area contributed by atoms with Crippen LogP contribution in [0.1, 0.15) is 13.8 Å². The Morgan fingerprint density at radius 3 is 2.33 bits per heavy atom. The minimum absolute atomic E-state index is 0.436. The van der Waals surface area contributed by atoms with E-state index in [9.17, 15) is 0 Å². The summed E-state index contributed by atoms with van der Waals surface area (Å²) in [4.78, 5) is 0. The Labute approximate surface area is 55.5 Å². The van der Waals surface area contributed by atoms with Crippen LogP contribution >= 0.6 is 0 Å². The lowest BCUT2D eigenvalue weighted by molar-refractivity contribution is -0.0997. The van der Waals surface area contributed by atoms with Crippen LogP contribution in [0.2, 0.25) is 0 Å². The molecule has 1 fully saturated rings. The lowest BCUT2D eigenvalue weighted by Gasteiger charge is -2.16. The molecule has 9 heavy (non-hydrogen) atoms. The van der Waals surface area contributed by atoms with Gasteiger partial charge in [0, 0.05) is 0 Å². The first kappa shape index (κ1) is 6.78. The van der Waals surface area contributed by atoms with E-state index in [1.165, 1.54) is 0 Å². The monoisotopic (exact) mass is 128 g/mol. The van der Waals surface area contributed by atoms with Crippen LogP contribution in [0, 0.1) is 0 Å². The maximum atomic E-state index is 5.27. The minimum atomic E-state index is -0.436. The van der Waals surface area contributed by atoms with Crippen molar-refractivity contribution in [2.24, 2.45) is 0 Å². The van der Waals surface area contributed by atoms with E-state index in [0.717, 1.165) is 0 Å². The topological polar surface area (TPSA) is 18.5 Å². The van der Waals surface area contributed by atoms with E-state index in [4.69, 9.17) is 9.47 Å². The molecule has 0 radical (unpaired) electrons. The van der Waals surface area contributed by atoms with Crippen LogP contribution < -0.4 is 0 Å². The van der Waals surface area contributed by atoms with Gasteiger partial charge in [0.1, 0.15) is 0 Å². The molecule has 2 nitrogen and oxygen atoms in total. The van der Waals surface area contributed by atoms with Gasteiger partial charge in [-0.05, 0) is 19.9 Å². The van der Waals surface area contributed by atoms with Gasteiger partial charge in [-0.1, -0.05) is 6.08 Å². The second kappa shape index (κ2) is 2.50. The standard InChI is InChI=1S/C7H12O2/c1-3-4-7(2)8-5-6-9-7/h3-4H,5-6H2,1-2H3/b4-3+. The van der Waals surface area contributed by atoms with E-state index < -0.39 is 5.79 Å². The predicted octanol–water partition coefficient (Wildman–Crippen LogP) is 1.33. The average Bonchev–Trinajstić information content (AvgIpc) is 2.16. The SMILES string of the molecule is C/C=C/C1(C)OCCO1. The van der Waals surface area contributed by atoms with E-state index in [0.29, 0.717) is 13.2 Å². The third-order valence-corrected chi connectivity index (χ3v) is 1.33. The maximum absolute atomic E-state index is 5.27. The molecule has 0 atom stereocenters. The van der Waals surface area contributed by atoms with Gasteiger partial charge in [0.2, 0.25) is 0 Å². The first-order chi connectivity index (χ1) is 4.27. The van der Waals surface area contributed by atoms with E-state index in [-0.39, 0.29) is 0 Å². The Hall–Kier alpha value is -0.340. The summed E-state index contributed by atoms with van der Waals surface area (Å²) in [5.74, 6) is -0.436. The number of allylic oxidation sites excluding steroid dienone is 1. The molecule has 1 saturated heterocycles. The van der Waals surface area contributed by atoms with Crippen LogP contribution in [0.4, 0.5) is 0 Å². The molecule has 1 heterocycles. The fourth-order valence-corrected chi connectivity index (χ4v) is 0.929. The van der Waals surface area contributed by atoms with Gasteiger partial charge in [-0.2, -0.15) is 0 Å². The highest BCUT2D eigenvalue weighted by Crippen LogP contribution is 2.19. The van der Waals surface area contributed by atoms with E-state index >= 15 is 0 Å². The van der Waals surface area contributed by atoms with Crippen molar-refractivity contribution in [3.8, 4) is 0 Å². The van der Waals surface area contributed by atoms with Gasteiger partial charge in [-0.25, -0.2) is 0 Å². The fraction of sp³-hybridized carbons (Fsp3) is 0.714. The van der Waals surface area contributed by atoms with Crippen molar-refractivity contribution < 1.29 is 9.47 Å². The maximum Gasteiger partial charge on any atom is 0.185 e. The summed E-state index contributed by atoms with van der Waals surface area (Å²) >= 11 is 0. The molecule has 0 unspecified atom stereocenters. The molecule has 0 aliphatic carbocycles. The van der Waals surface area contributed by atoms with Crippen LogP contribution in [0.5, 0.6) is 0 Å². The van der Waals surface area contributed by atoms with Gasteiger partial charge >= 0.3 is 0 Å². The second-order valence-electron chi connectivity index (χ2n) is 2.21. The van der Waals surface area contributed by atoms with E-state index in [1.807, 2.05) is 26.0 Å². The molecule has 0 spiro atoms. The highest BCUT2D eigenvalue weighted by atomic mass is 16.7. The highest BCUT2D eigenvalue weighted by Gasteiger charge is 2.26. The number of hydrogen-bond donors (Lipinski definition) is 0. The molecule has 1 rings (SSSR count). The molecule has 0 amide bonds. The quantitative estimate of drug-likeness (QED) is 0.496. The van der Waals surface area contributed by atoms with Gasteiger partial charge in [0.25, 0.3) is 0 Å². The summed E-state index contributed by atoms with van der Waals surface area (Å²) < 4.78 is 10.5. The number of hydrogen-bond acceptors (Lipinski definition) is 2. The van der Waals surface area contributed by atoms with Crippen LogP contribution in [0.3, 0.4) is 0 Å². The van der Waals surface area contributed by atoms with Crippen LogP contribution in [-0.4, -0.2) is 19.0 Å². The third kappa shape index (κ3) is 1.53. The van der Waals surface area contributed by atoms with Crippen LogP contribution in [0.15, 0.2) is 12.2 Å². The predicted molar refractivity (Wildman–Crippen MR) is 35.1 cm³/mol.